The molecule has 0 spiro atoms. The summed E-state index contributed by atoms with van der Waals surface area (Å²) >= 11 is 0. The third-order valence-corrected chi connectivity index (χ3v) is 5.00. The summed E-state index contributed by atoms with van der Waals surface area (Å²) in [6.45, 7) is 8.82. The van der Waals surface area contributed by atoms with Crippen LogP contribution in [0.4, 0.5) is 11.4 Å². The van der Waals surface area contributed by atoms with Gasteiger partial charge in [0.25, 0.3) is 5.91 Å². The van der Waals surface area contributed by atoms with Gasteiger partial charge < -0.3 is 14.6 Å². The van der Waals surface area contributed by atoms with Crippen molar-refractivity contribution >= 4 is 23.1 Å². The zero-order valence-electron chi connectivity index (χ0n) is 16.1. The summed E-state index contributed by atoms with van der Waals surface area (Å²) in [6, 6.07) is 7.67. The minimum Gasteiger partial charge on any atom is -0.455 e. The molecule has 1 aromatic heterocycles. The summed E-state index contributed by atoms with van der Waals surface area (Å²) in [5.74, 6) is 0.602. The highest BCUT2D eigenvalue weighted by Gasteiger charge is 2.37. The van der Waals surface area contributed by atoms with E-state index < -0.39 is 0 Å². The lowest BCUT2D eigenvalue weighted by Gasteiger charge is -2.27. The van der Waals surface area contributed by atoms with E-state index >= 15 is 0 Å². The molecule has 2 aromatic rings. The van der Waals surface area contributed by atoms with Crippen molar-refractivity contribution < 1.29 is 14.0 Å². The normalized spacial score (nSPS) is 15.5. The number of rotatable bonds is 4. The van der Waals surface area contributed by atoms with E-state index in [1.165, 1.54) is 0 Å². The van der Waals surface area contributed by atoms with E-state index in [4.69, 9.17) is 4.42 Å². The highest BCUT2D eigenvalue weighted by Crippen LogP contribution is 2.38. The lowest BCUT2D eigenvalue weighted by Crippen LogP contribution is -2.26. The van der Waals surface area contributed by atoms with Gasteiger partial charge in [0, 0.05) is 43.4 Å². The van der Waals surface area contributed by atoms with Gasteiger partial charge in [-0.05, 0) is 37.5 Å². The van der Waals surface area contributed by atoms with Crippen LogP contribution in [0.3, 0.4) is 0 Å². The molecule has 0 saturated heterocycles. The number of fused-ring (bicyclic) bond motifs is 1. The Kier molecular flexibility index (Phi) is 4.65. The second-order valence-corrected chi connectivity index (χ2v) is 7.81. The largest absolute Gasteiger partial charge is 0.455 e. The molecule has 0 fully saturated rings. The molecule has 1 aliphatic rings. The van der Waals surface area contributed by atoms with Crippen LogP contribution >= 0.6 is 0 Å². The molecule has 0 saturated carbocycles. The fourth-order valence-corrected chi connectivity index (χ4v) is 3.49. The maximum atomic E-state index is 12.7. The Morgan fingerprint density at radius 2 is 2.04 bits per heavy atom. The number of anilines is 2. The van der Waals surface area contributed by atoms with Gasteiger partial charge in [-0.15, -0.1) is 0 Å². The summed E-state index contributed by atoms with van der Waals surface area (Å²) in [7, 11) is 2.00. The lowest BCUT2D eigenvalue weighted by molar-refractivity contribution is 0.0898. The van der Waals surface area contributed by atoms with Crippen molar-refractivity contribution in [3.8, 4) is 0 Å². The van der Waals surface area contributed by atoms with Crippen molar-refractivity contribution in [1.29, 1.82) is 0 Å². The summed E-state index contributed by atoms with van der Waals surface area (Å²) in [5, 5.41) is 2.89. The maximum absolute atomic E-state index is 12.7. The average Bonchev–Trinajstić information content (AvgIpc) is 2.89. The van der Waals surface area contributed by atoms with E-state index in [1.54, 1.807) is 6.92 Å². The number of hydrogen-bond acceptors (Lipinski definition) is 4. The first kappa shape index (κ1) is 18.2. The van der Waals surface area contributed by atoms with Gasteiger partial charge in [-0.3, -0.25) is 9.59 Å². The molecule has 138 valence electrons. The van der Waals surface area contributed by atoms with Crippen LogP contribution in [0.1, 0.15) is 59.4 Å². The van der Waals surface area contributed by atoms with E-state index in [0.29, 0.717) is 35.4 Å². The number of carbonyl (C=O) groups is 2. The number of Topliss-reactive ketones (excluding diaryl/α,β-unsaturated/α-hetero) is 1. The van der Waals surface area contributed by atoms with Crippen LogP contribution in [0.15, 0.2) is 28.7 Å². The molecular formula is C21H26N2O3. The van der Waals surface area contributed by atoms with E-state index in [-0.39, 0.29) is 22.9 Å². The fourth-order valence-electron chi connectivity index (χ4n) is 3.49. The van der Waals surface area contributed by atoms with Crippen LogP contribution in [0.5, 0.6) is 0 Å². The molecule has 5 nitrogen and oxygen atoms in total. The molecule has 0 aliphatic heterocycles. The van der Waals surface area contributed by atoms with Crippen molar-refractivity contribution in [3.05, 3.63) is 46.9 Å². The van der Waals surface area contributed by atoms with Gasteiger partial charge in [-0.2, -0.15) is 0 Å². The van der Waals surface area contributed by atoms with Gasteiger partial charge in [-0.1, -0.05) is 19.9 Å². The third kappa shape index (κ3) is 3.39. The average molecular weight is 354 g/mol. The van der Waals surface area contributed by atoms with Crippen molar-refractivity contribution in [2.75, 3.05) is 23.8 Å². The number of amides is 1. The zero-order valence-corrected chi connectivity index (χ0v) is 16.1. The maximum Gasteiger partial charge on any atom is 0.291 e. The quantitative estimate of drug-likeness (QED) is 0.881. The smallest absolute Gasteiger partial charge is 0.291 e. The molecule has 1 amide bonds. The number of furan rings is 1. The van der Waals surface area contributed by atoms with Gasteiger partial charge in [-0.25, -0.2) is 0 Å². The van der Waals surface area contributed by atoms with Gasteiger partial charge in [0.05, 0.1) is 5.56 Å². The van der Waals surface area contributed by atoms with Crippen molar-refractivity contribution in [1.82, 2.24) is 0 Å². The van der Waals surface area contributed by atoms with Crippen molar-refractivity contribution in [3.63, 3.8) is 0 Å². The van der Waals surface area contributed by atoms with Crippen molar-refractivity contribution in [2.45, 2.75) is 40.5 Å². The Hall–Kier alpha value is -2.56. The Labute approximate surface area is 154 Å². The molecule has 26 heavy (non-hydrogen) atoms. The highest BCUT2D eigenvalue weighted by atomic mass is 16.4. The first-order valence-electron chi connectivity index (χ1n) is 9.00. The summed E-state index contributed by atoms with van der Waals surface area (Å²) in [6.07, 6.45) is 1.14. The van der Waals surface area contributed by atoms with Crippen LogP contribution in [0.2, 0.25) is 0 Å². The fraction of sp³-hybridized carbons (Fsp3) is 0.429. The summed E-state index contributed by atoms with van der Waals surface area (Å²) in [4.78, 5) is 27.3. The summed E-state index contributed by atoms with van der Waals surface area (Å²) in [5.41, 5.74) is 2.82. The molecular weight excluding hydrogens is 328 g/mol. The minimum absolute atomic E-state index is 0.0584. The van der Waals surface area contributed by atoms with Crippen LogP contribution in [-0.4, -0.2) is 25.3 Å². The van der Waals surface area contributed by atoms with E-state index in [0.717, 1.165) is 12.2 Å². The molecule has 1 aromatic carbocycles. The van der Waals surface area contributed by atoms with Gasteiger partial charge in [0.2, 0.25) is 0 Å². The van der Waals surface area contributed by atoms with Crippen molar-refractivity contribution in [2.24, 2.45) is 5.41 Å². The van der Waals surface area contributed by atoms with Gasteiger partial charge >= 0.3 is 0 Å². The summed E-state index contributed by atoms with van der Waals surface area (Å²) < 4.78 is 5.83. The van der Waals surface area contributed by atoms with Crippen LogP contribution < -0.4 is 10.2 Å². The third-order valence-electron chi connectivity index (χ3n) is 5.00. The predicted molar refractivity (Wildman–Crippen MR) is 103 cm³/mol. The standard InChI is InChI=1S/C21H26N2O3/c1-6-23(5)15-9-7-8-14(10-15)22-20(25)19-13(2)18-16(24)11-21(3,4)12-17(18)26-19/h7-10H,6,11-12H2,1-5H3,(H,22,25). The molecule has 1 heterocycles. The number of hydrogen-bond donors (Lipinski definition) is 1. The Balaban J connectivity index is 1.87. The Morgan fingerprint density at radius 1 is 1.31 bits per heavy atom. The molecule has 3 rings (SSSR count). The number of nitrogens with zero attached hydrogens (tertiary/aromatic N) is 1. The number of nitrogens with one attached hydrogen (secondary N) is 1. The van der Waals surface area contributed by atoms with Gasteiger partial charge in [0.1, 0.15) is 5.76 Å². The SMILES string of the molecule is CCN(C)c1cccc(NC(=O)c2oc3c(c2C)C(=O)CC(C)(C)C3)c1. The van der Waals surface area contributed by atoms with E-state index in [9.17, 15) is 9.59 Å². The first-order chi connectivity index (χ1) is 12.2. The topological polar surface area (TPSA) is 62.6 Å². The van der Waals surface area contributed by atoms with Gasteiger partial charge in [0.15, 0.2) is 11.5 Å². The second-order valence-electron chi connectivity index (χ2n) is 7.81. The van der Waals surface area contributed by atoms with Crippen LogP contribution in [-0.2, 0) is 6.42 Å². The molecule has 1 aliphatic carbocycles. The molecule has 0 radical (unpaired) electrons. The Morgan fingerprint density at radius 3 is 2.73 bits per heavy atom. The second kappa shape index (κ2) is 6.63. The number of benzene rings is 1. The lowest BCUT2D eigenvalue weighted by atomic mass is 9.76. The minimum atomic E-state index is -0.321. The first-order valence-corrected chi connectivity index (χ1v) is 9.00. The molecule has 0 unspecified atom stereocenters. The molecule has 0 atom stereocenters. The molecule has 5 heteroatoms. The van der Waals surface area contributed by atoms with E-state index in [1.807, 2.05) is 45.2 Å². The number of ketones is 1. The zero-order chi connectivity index (χ0) is 19.1. The monoisotopic (exact) mass is 354 g/mol. The predicted octanol–water partition coefficient (Wildman–Crippen LogP) is 4.45. The highest BCUT2D eigenvalue weighted by molar-refractivity contribution is 6.07. The van der Waals surface area contributed by atoms with E-state index in [2.05, 4.69) is 17.1 Å². The Bertz CT molecular complexity index is 864. The molecule has 0 bridgehead atoms. The van der Waals surface area contributed by atoms with Crippen LogP contribution in [0, 0.1) is 12.3 Å². The van der Waals surface area contributed by atoms with Crippen LogP contribution in [0.25, 0.3) is 0 Å². The number of carbonyl (C=O) groups excluding carboxylic acids is 2. The molecule has 1 N–H and O–H groups in total.